The summed E-state index contributed by atoms with van der Waals surface area (Å²) in [5.74, 6) is 0.290. The fourth-order valence-corrected chi connectivity index (χ4v) is 1.96. The maximum absolute atomic E-state index is 9.44. The Labute approximate surface area is 103 Å². The quantitative estimate of drug-likeness (QED) is 0.778. The van der Waals surface area contributed by atoms with Crippen LogP contribution in [-0.2, 0) is 0 Å². The summed E-state index contributed by atoms with van der Waals surface area (Å²) in [6, 6.07) is 5.39. The predicted octanol–water partition coefficient (Wildman–Crippen LogP) is 4.10. The molecule has 1 rings (SSSR count). The van der Waals surface area contributed by atoms with E-state index in [0.29, 0.717) is 0 Å². The fourth-order valence-electron chi connectivity index (χ4n) is 1.96. The average molecular weight is 229 g/mol. The van der Waals surface area contributed by atoms with Crippen LogP contribution in [0.2, 0.25) is 0 Å². The number of aromatic hydroxyl groups is 1. The van der Waals surface area contributed by atoms with Crippen LogP contribution in [0, 0.1) is 6.92 Å². The molecule has 0 aliphatic rings. The Morgan fingerprint density at radius 3 is 2.41 bits per heavy atom. The van der Waals surface area contributed by atoms with Crippen LogP contribution in [0.1, 0.15) is 31.9 Å². The smallest absolute Gasteiger partial charge is 0.115 e. The number of nitrogens with zero attached hydrogens (tertiary/aromatic N) is 1. The van der Waals surface area contributed by atoms with Crippen molar-refractivity contribution in [2.75, 3.05) is 0 Å². The van der Waals surface area contributed by atoms with Crippen LogP contribution in [0.15, 0.2) is 41.5 Å². The van der Waals surface area contributed by atoms with Gasteiger partial charge in [-0.1, -0.05) is 18.2 Å². The van der Waals surface area contributed by atoms with E-state index in [2.05, 4.69) is 25.4 Å². The third-order valence-electron chi connectivity index (χ3n) is 2.63. The average Bonchev–Trinajstić information content (AvgIpc) is 2.21. The standard InChI is InChI=1S/C15H19NO/c1-6-16-12(5)15(10(2)3)14-8-7-13(17)9-11(14)4/h6-9,17H,1H2,2-5H3/b16-12-. The molecule has 2 nitrogen and oxygen atoms in total. The van der Waals surface area contributed by atoms with Crippen molar-refractivity contribution < 1.29 is 5.11 Å². The van der Waals surface area contributed by atoms with Gasteiger partial charge in [-0.2, -0.15) is 0 Å². The summed E-state index contributed by atoms with van der Waals surface area (Å²) in [4.78, 5) is 4.25. The van der Waals surface area contributed by atoms with E-state index in [1.54, 1.807) is 18.3 Å². The molecule has 0 aliphatic carbocycles. The fraction of sp³-hybridized carbons (Fsp3) is 0.267. The first-order valence-corrected chi connectivity index (χ1v) is 5.60. The van der Waals surface area contributed by atoms with E-state index >= 15 is 0 Å². The topological polar surface area (TPSA) is 32.6 Å². The number of benzene rings is 1. The SMILES string of the molecule is C=C/N=C(/C)C(=C(C)C)c1ccc(O)cc1C. The van der Waals surface area contributed by atoms with E-state index in [0.717, 1.165) is 22.4 Å². The first-order valence-electron chi connectivity index (χ1n) is 5.60. The second kappa shape index (κ2) is 5.48. The van der Waals surface area contributed by atoms with Gasteiger partial charge in [-0.15, -0.1) is 0 Å². The highest BCUT2D eigenvalue weighted by Gasteiger charge is 2.10. The van der Waals surface area contributed by atoms with Gasteiger partial charge in [0.1, 0.15) is 5.75 Å². The lowest BCUT2D eigenvalue weighted by molar-refractivity contribution is 0.475. The van der Waals surface area contributed by atoms with Gasteiger partial charge in [0.2, 0.25) is 0 Å². The van der Waals surface area contributed by atoms with Gasteiger partial charge in [-0.25, -0.2) is 0 Å². The van der Waals surface area contributed by atoms with Crippen molar-refractivity contribution in [3.05, 3.63) is 47.7 Å². The Hall–Kier alpha value is -1.83. The lowest BCUT2D eigenvalue weighted by Gasteiger charge is -2.13. The number of phenolic OH excluding ortho intramolecular Hbond substituents is 1. The minimum absolute atomic E-state index is 0.290. The van der Waals surface area contributed by atoms with Crippen LogP contribution in [0.25, 0.3) is 5.57 Å². The molecule has 0 fully saturated rings. The number of hydrogen-bond donors (Lipinski definition) is 1. The van der Waals surface area contributed by atoms with Gasteiger partial charge >= 0.3 is 0 Å². The van der Waals surface area contributed by atoms with Crippen molar-refractivity contribution in [3.8, 4) is 5.75 Å². The number of aliphatic imine (C=N–C) groups is 1. The zero-order valence-corrected chi connectivity index (χ0v) is 10.9. The van der Waals surface area contributed by atoms with Crippen molar-refractivity contribution in [2.24, 2.45) is 4.99 Å². The Bertz CT molecular complexity index is 492. The van der Waals surface area contributed by atoms with Crippen LogP contribution in [-0.4, -0.2) is 10.8 Å². The number of phenols is 1. The summed E-state index contributed by atoms with van der Waals surface area (Å²) in [5.41, 5.74) is 5.39. The van der Waals surface area contributed by atoms with E-state index in [-0.39, 0.29) is 5.75 Å². The molecule has 0 saturated carbocycles. The predicted molar refractivity (Wildman–Crippen MR) is 74.4 cm³/mol. The maximum Gasteiger partial charge on any atom is 0.115 e. The molecule has 0 amide bonds. The van der Waals surface area contributed by atoms with Crippen molar-refractivity contribution in [1.29, 1.82) is 0 Å². The molecular formula is C15H19NO. The van der Waals surface area contributed by atoms with Gasteiger partial charge in [0.05, 0.1) is 0 Å². The van der Waals surface area contributed by atoms with Gasteiger partial charge in [0.15, 0.2) is 0 Å². The molecule has 0 bridgehead atoms. The Morgan fingerprint density at radius 2 is 1.94 bits per heavy atom. The van der Waals surface area contributed by atoms with E-state index in [9.17, 15) is 5.11 Å². The first kappa shape index (κ1) is 13.2. The van der Waals surface area contributed by atoms with E-state index in [1.807, 2.05) is 19.9 Å². The molecule has 1 aromatic carbocycles. The minimum atomic E-state index is 0.290. The molecule has 2 heteroatoms. The lowest BCUT2D eigenvalue weighted by atomic mass is 9.94. The third kappa shape index (κ3) is 3.06. The molecule has 1 aromatic rings. The molecule has 0 unspecified atom stereocenters. The maximum atomic E-state index is 9.44. The largest absolute Gasteiger partial charge is 0.508 e. The van der Waals surface area contributed by atoms with E-state index < -0.39 is 0 Å². The van der Waals surface area contributed by atoms with Gasteiger partial charge in [0.25, 0.3) is 0 Å². The second-order valence-corrected chi connectivity index (χ2v) is 4.27. The highest BCUT2D eigenvalue weighted by molar-refractivity contribution is 6.24. The van der Waals surface area contributed by atoms with Crippen molar-refractivity contribution in [1.82, 2.24) is 0 Å². The van der Waals surface area contributed by atoms with E-state index in [4.69, 9.17) is 0 Å². The summed E-state index contributed by atoms with van der Waals surface area (Å²) in [6.07, 6.45) is 1.55. The van der Waals surface area contributed by atoms with Crippen molar-refractivity contribution in [2.45, 2.75) is 27.7 Å². The summed E-state index contributed by atoms with van der Waals surface area (Å²) < 4.78 is 0. The zero-order valence-electron chi connectivity index (χ0n) is 10.9. The highest BCUT2D eigenvalue weighted by atomic mass is 16.3. The van der Waals surface area contributed by atoms with Crippen LogP contribution >= 0.6 is 0 Å². The molecule has 0 atom stereocenters. The second-order valence-electron chi connectivity index (χ2n) is 4.27. The molecular weight excluding hydrogens is 210 g/mol. The summed E-state index contributed by atoms with van der Waals surface area (Å²) in [5, 5.41) is 9.44. The Kier molecular flexibility index (Phi) is 4.27. The number of allylic oxidation sites excluding steroid dienone is 2. The van der Waals surface area contributed by atoms with Crippen LogP contribution < -0.4 is 0 Å². The van der Waals surface area contributed by atoms with Gasteiger partial charge in [0, 0.05) is 17.5 Å². The van der Waals surface area contributed by atoms with Crippen molar-refractivity contribution in [3.63, 3.8) is 0 Å². The summed E-state index contributed by atoms with van der Waals surface area (Å²) in [6.45, 7) is 11.7. The van der Waals surface area contributed by atoms with Crippen LogP contribution in [0.4, 0.5) is 0 Å². The molecule has 0 saturated heterocycles. The number of aryl methyl sites for hydroxylation is 1. The summed E-state index contributed by atoms with van der Waals surface area (Å²) in [7, 11) is 0. The molecule has 0 spiro atoms. The minimum Gasteiger partial charge on any atom is -0.508 e. The molecule has 90 valence electrons. The van der Waals surface area contributed by atoms with Gasteiger partial charge < -0.3 is 5.11 Å². The molecule has 0 heterocycles. The van der Waals surface area contributed by atoms with Gasteiger partial charge in [-0.3, -0.25) is 4.99 Å². The molecule has 17 heavy (non-hydrogen) atoms. The molecule has 1 N–H and O–H groups in total. The normalized spacial score (nSPS) is 11.2. The molecule has 0 radical (unpaired) electrons. The molecule has 0 aromatic heterocycles. The zero-order chi connectivity index (χ0) is 13.0. The summed E-state index contributed by atoms with van der Waals surface area (Å²) >= 11 is 0. The van der Waals surface area contributed by atoms with Crippen LogP contribution in [0.3, 0.4) is 0 Å². The monoisotopic (exact) mass is 229 g/mol. The Balaban J connectivity index is 3.41. The van der Waals surface area contributed by atoms with Crippen molar-refractivity contribution >= 4 is 11.3 Å². The number of rotatable bonds is 3. The third-order valence-corrected chi connectivity index (χ3v) is 2.63. The highest BCUT2D eigenvalue weighted by Crippen LogP contribution is 2.26. The van der Waals surface area contributed by atoms with Crippen LogP contribution in [0.5, 0.6) is 5.75 Å². The van der Waals surface area contributed by atoms with Gasteiger partial charge in [-0.05, 0) is 51.0 Å². The molecule has 0 aliphatic heterocycles. The van der Waals surface area contributed by atoms with E-state index in [1.165, 1.54) is 5.57 Å². The lowest BCUT2D eigenvalue weighted by Crippen LogP contribution is -2.01. The first-order chi connectivity index (χ1) is 7.97. The number of hydrogen-bond acceptors (Lipinski definition) is 2. The Morgan fingerprint density at radius 1 is 1.29 bits per heavy atom.